The first kappa shape index (κ1) is 14.2. The predicted molar refractivity (Wildman–Crippen MR) is 84.2 cm³/mol. The first-order valence-corrected chi connectivity index (χ1v) is 7.09. The van der Waals surface area contributed by atoms with Crippen molar-refractivity contribution in [1.82, 2.24) is 0 Å². The average molecular weight is 341 g/mol. The number of aryl methyl sites for hydroxylation is 1. The van der Waals surface area contributed by atoms with Crippen molar-refractivity contribution in [1.29, 1.82) is 0 Å². The third-order valence-electron chi connectivity index (χ3n) is 2.89. The molecule has 0 bridgehead atoms. The lowest BCUT2D eigenvalue weighted by Gasteiger charge is -2.11. The Kier molecular flexibility index (Phi) is 4.72. The molecular formula is C15H15BrClNO. The highest BCUT2D eigenvalue weighted by molar-refractivity contribution is 9.10. The highest BCUT2D eigenvalue weighted by atomic mass is 79.9. The van der Waals surface area contributed by atoms with E-state index in [1.54, 1.807) is 7.11 Å². The number of nitrogens with one attached hydrogen (secondary N) is 1. The number of benzene rings is 2. The molecule has 0 unspecified atom stereocenters. The van der Waals surface area contributed by atoms with E-state index >= 15 is 0 Å². The molecule has 2 rings (SSSR count). The summed E-state index contributed by atoms with van der Waals surface area (Å²) in [5.74, 6) is 0.864. The van der Waals surface area contributed by atoms with Crippen molar-refractivity contribution in [2.45, 2.75) is 13.5 Å². The fourth-order valence-electron chi connectivity index (χ4n) is 1.72. The van der Waals surface area contributed by atoms with Crippen molar-refractivity contribution in [3.8, 4) is 5.75 Å². The minimum atomic E-state index is 0.738. The van der Waals surface area contributed by atoms with Crippen molar-refractivity contribution < 1.29 is 4.74 Å². The maximum absolute atomic E-state index is 6.13. The lowest BCUT2D eigenvalue weighted by molar-refractivity contribution is 0.414. The third-order valence-corrected chi connectivity index (χ3v) is 3.95. The third kappa shape index (κ3) is 3.64. The molecule has 0 fully saturated rings. The van der Waals surface area contributed by atoms with Crippen LogP contribution in [0, 0.1) is 6.92 Å². The summed E-state index contributed by atoms with van der Waals surface area (Å²) in [6, 6.07) is 11.9. The van der Waals surface area contributed by atoms with E-state index in [1.165, 1.54) is 5.56 Å². The second-order valence-electron chi connectivity index (χ2n) is 4.28. The van der Waals surface area contributed by atoms with Crippen molar-refractivity contribution in [3.63, 3.8) is 0 Å². The maximum atomic E-state index is 6.13. The van der Waals surface area contributed by atoms with E-state index in [4.69, 9.17) is 16.3 Å². The average Bonchev–Trinajstić information content (AvgIpc) is 2.42. The molecule has 0 aliphatic heterocycles. The minimum absolute atomic E-state index is 0.738. The summed E-state index contributed by atoms with van der Waals surface area (Å²) in [6.07, 6.45) is 0. The van der Waals surface area contributed by atoms with E-state index < -0.39 is 0 Å². The predicted octanol–water partition coefficient (Wildman–Crippen LogP) is 5.03. The van der Waals surface area contributed by atoms with Crippen LogP contribution in [0.15, 0.2) is 40.9 Å². The van der Waals surface area contributed by atoms with Gasteiger partial charge in [-0.05, 0) is 58.2 Å². The van der Waals surface area contributed by atoms with Gasteiger partial charge in [-0.2, -0.15) is 0 Å². The fraction of sp³-hybridized carbons (Fsp3) is 0.200. The van der Waals surface area contributed by atoms with Crippen LogP contribution in [0.25, 0.3) is 0 Å². The molecule has 0 amide bonds. The van der Waals surface area contributed by atoms with E-state index in [9.17, 15) is 0 Å². The van der Waals surface area contributed by atoms with Gasteiger partial charge in [-0.15, -0.1) is 0 Å². The van der Waals surface area contributed by atoms with Crippen LogP contribution in [0.4, 0.5) is 5.69 Å². The number of hydrogen-bond acceptors (Lipinski definition) is 2. The van der Waals surface area contributed by atoms with Crippen molar-refractivity contribution in [2.24, 2.45) is 0 Å². The molecule has 0 spiro atoms. The van der Waals surface area contributed by atoms with Gasteiger partial charge in [0, 0.05) is 16.0 Å². The van der Waals surface area contributed by atoms with Crippen LogP contribution in [-0.4, -0.2) is 7.11 Å². The van der Waals surface area contributed by atoms with Gasteiger partial charge in [-0.3, -0.25) is 0 Å². The molecule has 2 nitrogen and oxygen atoms in total. The van der Waals surface area contributed by atoms with Gasteiger partial charge in [-0.25, -0.2) is 0 Å². The van der Waals surface area contributed by atoms with Crippen LogP contribution >= 0.6 is 27.5 Å². The standard InChI is InChI=1S/C15H15BrClNO/c1-10-7-13(16)15(8-14(10)17)18-9-11-3-5-12(19-2)6-4-11/h3-8,18H,9H2,1-2H3. The zero-order valence-corrected chi connectivity index (χ0v) is 13.2. The zero-order valence-electron chi connectivity index (χ0n) is 10.8. The molecule has 0 atom stereocenters. The second-order valence-corrected chi connectivity index (χ2v) is 5.54. The quantitative estimate of drug-likeness (QED) is 0.842. The summed E-state index contributed by atoms with van der Waals surface area (Å²) in [5.41, 5.74) is 3.24. The van der Waals surface area contributed by atoms with Crippen molar-refractivity contribution >= 4 is 33.2 Å². The number of methoxy groups -OCH3 is 1. The molecule has 0 aliphatic rings. The zero-order chi connectivity index (χ0) is 13.8. The van der Waals surface area contributed by atoms with Crippen LogP contribution < -0.4 is 10.1 Å². The molecule has 0 saturated carbocycles. The number of ether oxygens (including phenoxy) is 1. The summed E-state index contributed by atoms with van der Waals surface area (Å²) in [4.78, 5) is 0. The SMILES string of the molecule is COc1ccc(CNc2cc(Cl)c(C)cc2Br)cc1. The highest BCUT2D eigenvalue weighted by Gasteiger charge is 2.04. The fourth-order valence-corrected chi connectivity index (χ4v) is 2.48. The number of halogens is 2. The molecule has 0 heterocycles. The normalized spacial score (nSPS) is 10.3. The van der Waals surface area contributed by atoms with Gasteiger partial charge in [0.05, 0.1) is 12.8 Å². The molecule has 1 N–H and O–H groups in total. The monoisotopic (exact) mass is 339 g/mol. The molecule has 0 radical (unpaired) electrons. The van der Waals surface area contributed by atoms with Gasteiger partial charge < -0.3 is 10.1 Å². The molecule has 2 aromatic carbocycles. The molecule has 0 aromatic heterocycles. The maximum Gasteiger partial charge on any atom is 0.118 e. The summed E-state index contributed by atoms with van der Waals surface area (Å²) >= 11 is 9.67. The van der Waals surface area contributed by atoms with E-state index in [1.807, 2.05) is 43.3 Å². The Morgan fingerprint density at radius 3 is 2.53 bits per heavy atom. The first-order chi connectivity index (χ1) is 9.10. The van der Waals surface area contributed by atoms with Gasteiger partial charge in [0.15, 0.2) is 0 Å². The number of rotatable bonds is 4. The lowest BCUT2D eigenvalue weighted by atomic mass is 10.2. The first-order valence-electron chi connectivity index (χ1n) is 5.92. The Morgan fingerprint density at radius 1 is 1.21 bits per heavy atom. The molecule has 19 heavy (non-hydrogen) atoms. The molecular weight excluding hydrogens is 326 g/mol. The van der Waals surface area contributed by atoms with Gasteiger partial charge in [0.1, 0.15) is 5.75 Å². The van der Waals surface area contributed by atoms with Crippen LogP contribution in [0.5, 0.6) is 5.75 Å². The van der Waals surface area contributed by atoms with Crippen LogP contribution in [0.3, 0.4) is 0 Å². The molecule has 2 aromatic rings. The largest absolute Gasteiger partial charge is 0.497 e. The molecule has 0 aliphatic carbocycles. The Morgan fingerprint density at radius 2 is 1.89 bits per heavy atom. The Bertz CT molecular complexity index is 569. The van der Waals surface area contributed by atoms with E-state index in [0.29, 0.717) is 0 Å². The number of anilines is 1. The Balaban J connectivity index is 2.07. The van der Waals surface area contributed by atoms with Gasteiger partial charge in [-0.1, -0.05) is 23.7 Å². The topological polar surface area (TPSA) is 21.3 Å². The summed E-state index contributed by atoms with van der Waals surface area (Å²) in [5, 5.41) is 4.13. The van der Waals surface area contributed by atoms with Crippen LogP contribution in [-0.2, 0) is 6.54 Å². The van der Waals surface area contributed by atoms with E-state index in [2.05, 4.69) is 21.2 Å². The smallest absolute Gasteiger partial charge is 0.118 e. The highest BCUT2D eigenvalue weighted by Crippen LogP contribution is 2.29. The molecule has 4 heteroatoms. The van der Waals surface area contributed by atoms with Gasteiger partial charge in [0.25, 0.3) is 0 Å². The second kappa shape index (κ2) is 6.31. The van der Waals surface area contributed by atoms with Crippen molar-refractivity contribution in [3.05, 3.63) is 57.0 Å². The van der Waals surface area contributed by atoms with Crippen LogP contribution in [0.2, 0.25) is 5.02 Å². The van der Waals surface area contributed by atoms with Crippen LogP contribution in [0.1, 0.15) is 11.1 Å². The van der Waals surface area contributed by atoms with Crippen molar-refractivity contribution in [2.75, 3.05) is 12.4 Å². The summed E-state index contributed by atoms with van der Waals surface area (Å²) in [6.45, 7) is 2.72. The Labute approximate surface area is 126 Å². The molecule has 0 saturated heterocycles. The Hall–Kier alpha value is -1.19. The lowest BCUT2D eigenvalue weighted by Crippen LogP contribution is -2.00. The van der Waals surface area contributed by atoms with E-state index in [-0.39, 0.29) is 0 Å². The van der Waals surface area contributed by atoms with Gasteiger partial charge >= 0.3 is 0 Å². The molecule has 100 valence electrons. The van der Waals surface area contributed by atoms with E-state index in [0.717, 1.165) is 33.0 Å². The number of hydrogen-bond donors (Lipinski definition) is 1. The van der Waals surface area contributed by atoms with Gasteiger partial charge in [0.2, 0.25) is 0 Å². The minimum Gasteiger partial charge on any atom is -0.497 e. The summed E-state index contributed by atoms with van der Waals surface area (Å²) in [7, 11) is 1.67. The summed E-state index contributed by atoms with van der Waals surface area (Å²) < 4.78 is 6.15.